The van der Waals surface area contributed by atoms with Crippen molar-refractivity contribution in [3.8, 4) is 6.07 Å². The molecule has 1 unspecified atom stereocenters. The SMILES string of the molecule is CCN(CCCC(C#N)(c1ccc(F)c(F)c1)C1CCCC1)Cc1ccccc1. The molecule has 2 nitrogen and oxygen atoms in total. The average molecular weight is 397 g/mol. The van der Waals surface area contributed by atoms with Crippen LogP contribution in [0.5, 0.6) is 0 Å². The van der Waals surface area contributed by atoms with E-state index in [1.54, 1.807) is 6.07 Å². The van der Waals surface area contributed by atoms with Crippen molar-refractivity contribution in [3.05, 3.63) is 71.3 Å². The van der Waals surface area contributed by atoms with Crippen LogP contribution in [-0.4, -0.2) is 18.0 Å². The van der Waals surface area contributed by atoms with Gasteiger partial charge in [-0.2, -0.15) is 5.26 Å². The summed E-state index contributed by atoms with van der Waals surface area (Å²) in [6, 6.07) is 17.0. The second-order valence-corrected chi connectivity index (χ2v) is 8.15. The summed E-state index contributed by atoms with van der Waals surface area (Å²) >= 11 is 0. The topological polar surface area (TPSA) is 27.0 Å². The maximum atomic E-state index is 14.0. The summed E-state index contributed by atoms with van der Waals surface area (Å²) in [6.45, 7) is 4.84. The molecular weight excluding hydrogens is 366 g/mol. The molecule has 1 aliphatic rings. The van der Waals surface area contributed by atoms with Crippen LogP contribution in [0.15, 0.2) is 48.5 Å². The predicted molar refractivity (Wildman–Crippen MR) is 112 cm³/mol. The molecule has 1 saturated carbocycles. The second-order valence-electron chi connectivity index (χ2n) is 8.15. The lowest BCUT2D eigenvalue weighted by Gasteiger charge is -2.34. The van der Waals surface area contributed by atoms with Crippen molar-refractivity contribution < 1.29 is 8.78 Å². The van der Waals surface area contributed by atoms with Crippen molar-refractivity contribution in [2.75, 3.05) is 13.1 Å². The zero-order valence-corrected chi connectivity index (χ0v) is 17.2. The fourth-order valence-corrected chi connectivity index (χ4v) is 4.76. The molecule has 0 aliphatic heterocycles. The van der Waals surface area contributed by atoms with Crippen LogP contribution in [0, 0.1) is 28.9 Å². The van der Waals surface area contributed by atoms with Gasteiger partial charge in [-0.1, -0.05) is 56.2 Å². The molecule has 29 heavy (non-hydrogen) atoms. The van der Waals surface area contributed by atoms with Crippen LogP contribution in [-0.2, 0) is 12.0 Å². The molecule has 0 amide bonds. The van der Waals surface area contributed by atoms with Gasteiger partial charge in [-0.05, 0) is 68.0 Å². The summed E-state index contributed by atoms with van der Waals surface area (Å²) in [5, 5.41) is 10.2. The zero-order valence-electron chi connectivity index (χ0n) is 17.2. The Morgan fingerprint density at radius 1 is 1.07 bits per heavy atom. The Morgan fingerprint density at radius 3 is 2.41 bits per heavy atom. The van der Waals surface area contributed by atoms with Crippen LogP contribution in [0.2, 0.25) is 0 Å². The molecule has 154 valence electrons. The van der Waals surface area contributed by atoms with E-state index in [0.29, 0.717) is 12.0 Å². The second kappa shape index (κ2) is 9.98. The summed E-state index contributed by atoms with van der Waals surface area (Å²) in [5.74, 6) is -1.51. The number of benzene rings is 2. The summed E-state index contributed by atoms with van der Waals surface area (Å²) < 4.78 is 27.5. The van der Waals surface area contributed by atoms with E-state index in [4.69, 9.17) is 0 Å². The van der Waals surface area contributed by atoms with Crippen LogP contribution in [0.1, 0.15) is 56.6 Å². The molecule has 2 aromatic carbocycles. The standard InChI is InChI=1S/C25H30F2N2/c1-2-29(18-20-9-4-3-5-10-20)16-8-15-25(19-28,21-11-6-7-12-21)22-13-14-23(26)24(27)17-22/h3-5,9-10,13-14,17,21H,2,6-8,11-12,15-16,18H2,1H3. The zero-order chi connectivity index (χ0) is 20.7. The Hall–Kier alpha value is -2.25. The van der Waals surface area contributed by atoms with E-state index in [0.717, 1.165) is 51.7 Å². The molecule has 4 heteroatoms. The van der Waals surface area contributed by atoms with Gasteiger partial charge < -0.3 is 0 Å². The van der Waals surface area contributed by atoms with Gasteiger partial charge in [0, 0.05) is 6.54 Å². The van der Waals surface area contributed by atoms with Gasteiger partial charge in [-0.25, -0.2) is 8.78 Å². The number of rotatable bonds is 9. The number of nitrogens with zero attached hydrogens (tertiary/aromatic N) is 2. The molecule has 1 atom stereocenters. The van der Waals surface area contributed by atoms with Gasteiger partial charge in [0.15, 0.2) is 11.6 Å². The highest BCUT2D eigenvalue weighted by atomic mass is 19.2. The molecule has 0 aromatic heterocycles. The molecular formula is C25H30F2N2. The third-order valence-corrected chi connectivity index (χ3v) is 6.43. The first kappa shape index (κ1) is 21.5. The Kier molecular flexibility index (Phi) is 7.39. The highest BCUT2D eigenvalue weighted by Crippen LogP contribution is 2.45. The fourth-order valence-electron chi connectivity index (χ4n) is 4.76. The molecule has 0 bridgehead atoms. The van der Waals surface area contributed by atoms with E-state index in [2.05, 4.69) is 30.0 Å². The molecule has 0 radical (unpaired) electrons. The molecule has 1 aliphatic carbocycles. The summed E-state index contributed by atoms with van der Waals surface area (Å²) in [5.41, 5.74) is 1.17. The summed E-state index contributed by atoms with van der Waals surface area (Å²) in [6.07, 6.45) is 5.69. The van der Waals surface area contributed by atoms with Gasteiger partial charge in [0.1, 0.15) is 0 Å². The molecule has 0 saturated heterocycles. The Labute approximate surface area is 173 Å². The lowest BCUT2D eigenvalue weighted by Crippen LogP contribution is -2.34. The van der Waals surface area contributed by atoms with Crippen molar-refractivity contribution >= 4 is 0 Å². The van der Waals surface area contributed by atoms with Crippen molar-refractivity contribution in [1.29, 1.82) is 5.26 Å². The monoisotopic (exact) mass is 396 g/mol. The van der Waals surface area contributed by atoms with Crippen molar-refractivity contribution in [2.24, 2.45) is 5.92 Å². The Balaban J connectivity index is 1.74. The minimum Gasteiger partial charge on any atom is -0.299 e. The number of nitriles is 1. The van der Waals surface area contributed by atoms with E-state index in [9.17, 15) is 14.0 Å². The first-order chi connectivity index (χ1) is 14.1. The van der Waals surface area contributed by atoms with Gasteiger partial charge in [0.25, 0.3) is 0 Å². The lowest BCUT2D eigenvalue weighted by atomic mass is 9.67. The van der Waals surface area contributed by atoms with E-state index >= 15 is 0 Å². The van der Waals surface area contributed by atoms with Crippen LogP contribution in [0.4, 0.5) is 8.78 Å². The van der Waals surface area contributed by atoms with Gasteiger partial charge in [0.2, 0.25) is 0 Å². The minimum atomic E-state index is -0.862. The van der Waals surface area contributed by atoms with Gasteiger partial charge in [-0.15, -0.1) is 0 Å². The van der Waals surface area contributed by atoms with Crippen LogP contribution in [0.3, 0.4) is 0 Å². The summed E-state index contributed by atoms with van der Waals surface area (Å²) in [7, 11) is 0. The number of hydrogen-bond acceptors (Lipinski definition) is 2. The predicted octanol–water partition coefficient (Wildman–Crippen LogP) is 6.22. The van der Waals surface area contributed by atoms with E-state index < -0.39 is 17.0 Å². The molecule has 0 N–H and O–H groups in total. The third kappa shape index (κ3) is 5.03. The van der Waals surface area contributed by atoms with Crippen LogP contribution in [0.25, 0.3) is 0 Å². The normalized spacial score (nSPS) is 16.7. The van der Waals surface area contributed by atoms with Crippen molar-refractivity contribution in [2.45, 2.75) is 57.4 Å². The molecule has 3 rings (SSSR count). The molecule has 0 heterocycles. The molecule has 1 fully saturated rings. The first-order valence-corrected chi connectivity index (χ1v) is 10.7. The van der Waals surface area contributed by atoms with Gasteiger partial charge >= 0.3 is 0 Å². The number of hydrogen-bond donors (Lipinski definition) is 0. The van der Waals surface area contributed by atoms with Crippen LogP contribution >= 0.6 is 0 Å². The van der Waals surface area contributed by atoms with Gasteiger partial charge in [0.05, 0.1) is 11.5 Å². The summed E-state index contributed by atoms with van der Waals surface area (Å²) in [4.78, 5) is 2.37. The largest absolute Gasteiger partial charge is 0.299 e. The Morgan fingerprint density at radius 2 is 1.79 bits per heavy atom. The molecule has 0 spiro atoms. The van der Waals surface area contributed by atoms with Crippen molar-refractivity contribution in [3.63, 3.8) is 0 Å². The highest BCUT2D eigenvalue weighted by molar-refractivity contribution is 5.35. The van der Waals surface area contributed by atoms with E-state index in [1.165, 1.54) is 17.7 Å². The molecule has 2 aromatic rings. The highest BCUT2D eigenvalue weighted by Gasteiger charge is 2.42. The van der Waals surface area contributed by atoms with E-state index in [1.807, 2.05) is 18.2 Å². The maximum absolute atomic E-state index is 14.0. The lowest BCUT2D eigenvalue weighted by molar-refractivity contribution is 0.247. The van der Waals surface area contributed by atoms with E-state index in [-0.39, 0.29) is 5.92 Å². The van der Waals surface area contributed by atoms with Crippen LogP contribution < -0.4 is 0 Å². The average Bonchev–Trinajstić information content (AvgIpc) is 3.29. The minimum absolute atomic E-state index is 0.210. The smallest absolute Gasteiger partial charge is 0.159 e. The Bertz CT molecular complexity index is 824. The number of halogens is 2. The quantitative estimate of drug-likeness (QED) is 0.503. The maximum Gasteiger partial charge on any atom is 0.159 e. The van der Waals surface area contributed by atoms with Crippen molar-refractivity contribution in [1.82, 2.24) is 4.90 Å². The first-order valence-electron chi connectivity index (χ1n) is 10.7. The fraction of sp³-hybridized carbons (Fsp3) is 0.480. The third-order valence-electron chi connectivity index (χ3n) is 6.43. The van der Waals surface area contributed by atoms with Gasteiger partial charge in [-0.3, -0.25) is 4.90 Å².